The van der Waals surface area contributed by atoms with E-state index in [4.69, 9.17) is 5.73 Å². The Balaban J connectivity index is 1.98. The quantitative estimate of drug-likeness (QED) is 0.380. The molecule has 2 rings (SSSR count). The van der Waals surface area contributed by atoms with E-state index in [1.807, 2.05) is 0 Å². The van der Waals surface area contributed by atoms with Gasteiger partial charge in [0.25, 0.3) is 0 Å². The summed E-state index contributed by atoms with van der Waals surface area (Å²) < 4.78 is 0. The van der Waals surface area contributed by atoms with Gasteiger partial charge in [0, 0.05) is 5.75 Å². The molecule has 2 aliphatic carbocycles. The summed E-state index contributed by atoms with van der Waals surface area (Å²) in [5, 5.41) is 0. The molecule has 0 aliphatic heterocycles. The summed E-state index contributed by atoms with van der Waals surface area (Å²) in [6, 6.07) is 0.538. The molecule has 0 aromatic heterocycles. The number of rotatable bonds is 2. The maximum absolute atomic E-state index is 5.66. The fourth-order valence-electron chi connectivity index (χ4n) is 2.62. The second-order valence-corrected chi connectivity index (χ2v) is 4.34. The second-order valence-electron chi connectivity index (χ2n) is 4.02. The summed E-state index contributed by atoms with van der Waals surface area (Å²) in [4.78, 5) is 4.50. The molecule has 2 nitrogen and oxygen atoms in total. The molecule has 0 radical (unpaired) electrons. The highest BCUT2D eigenvalue weighted by Gasteiger charge is 2.39. The van der Waals surface area contributed by atoms with Gasteiger partial charge in [-0.3, -0.25) is 4.99 Å². The van der Waals surface area contributed by atoms with Crippen LogP contribution in [-0.2, 0) is 0 Å². The molecule has 3 atom stereocenters. The fraction of sp³-hybridized carbons (Fsp3) is 0.889. The van der Waals surface area contributed by atoms with Crippen molar-refractivity contribution in [1.29, 1.82) is 0 Å². The Morgan fingerprint density at radius 3 is 2.75 bits per heavy atom. The molecule has 2 aliphatic rings. The van der Waals surface area contributed by atoms with E-state index in [1.54, 1.807) is 0 Å². The molecule has 2 fully saturated rings. The first-order valence-corrected chi connectivity index (χ1v) is 5.36. The number of aliphatic imine (C=N–C) groups is 1. The van der Waals surface area contributed by atoms with Gasteiger partial charge in [0.15, 0.2) is 0 Å². The maximum atomic E-state index is 5.66. The predicted octanol–water partition coefficient (Wildman–Crippen LogP) is 1.46. The van der Waals surface area contributed by atoms with Gasteiger partial charge in [0.2, 0.25) is 0 Å². The molecule has 12 heavy (non-hydrogen) atoms. The van der Waals surface area contributed by atoms with E-state index >= 15 is 0 Å². The van der Waals surface area contributed by atoms with E-state index in [2.05, 4.69) is 17.6 Å². The summed E-state index contributed by atoms with van der Waals surface area (Å²) in [6.07, 6.45) is 5.48. The van der Waals surface area contributed by atoms with Gasteiger partial charge in [-0.15, -0.1) is 0 Å². The van der Waals surface area contributed by atoms with Crippen molar-refractivity contribution in [2.75, 3.05) is 5.75 Å². The van der Waals surface area contributed by atoms with Crippen molar-refractivity contribution in [3.63, 3.8) is 0 Å². The molecule has 0 amide bonds. The normalized spacial score (nSPS) is 40.8. The predicted molar refractivity (Wildman–Crippen MR) is 54.7 cm³/mol. The Bertz CT molecular complexity index is 203. The van der Waals surface area contributed by atoms with Crippen molar-refractivity contribution in [3.05, 3.63) is 0 Å². The van der Waals surface area contributed by atoms with Crippen LogP contribution in [-0.4, -0.2) is 17.6 Å². The zero-order chi connectivity index (χ0) is 8.55. The molecule has 3 heteroatoms. The van der Waals surface area contributed by atoms with Crippen molar-refractivity contribution in [2.45, 2.75) is 31.7 Å². The number of fused-ring (bicyclic) bond motifs is 2. The summed E-state index contributed by atoms with van der Waals surface area (Å²) >= 11 is 4.10. The third-order valence-corrected chi connectivity index (χ3v) is 3.52. The molecule has 0 saturated heterocycles. The average Bonchev–Trinajstić information content (AvgIpc) is 2.64. The van der Waals surface area contributed by atoms with Crippen LogP contribution in [0.5, 0.6) is 0 Å². The van der Waals surface area contributed by atoms with Gasteiger partial charge in [0.1, 0.15) is 5.84 Å². The lowest BCUT2D eigenvalue weighted by Gasteiger charge is -2.17. The largest absolute Gasteiger partial charge is 0.387 e. The number of hydrogen-bond donors (Lipinski definition) is 2. The highest BCUT2D eigenvalue weighted by molar-refractivity contribution is 7.81. The first kappa shape index (κ1) is 8.42. The van der Waals surface area contributed by atoms with Gasteiger partial charge in [-0.2, -0.15) is 12.6 Å². The number of amidine groups is 1. The van der Waals surface area contributed by atoms with Crippen LogP contribution in [0.1, 0.15) is 25.7 Å². The molecular weight excluding hydrogens is 168 g/mol. The summed E-state index contributed by atoms with van der Waals surface area (Å²) in [5.41, 5.74) is 5.66. The minimum atomic E-state index is 0.538. The van der Waals surface area contributed by atoms with Crippen LogP contribution in [0.3, 0.4) is 0 Å². The topological polar surface area (TPSA) is 38.4 Å². The van der Waals surface area contributed by atoms with Crippen LogP contribution in [0, 0.1) is 11.8 Å². The van der Waals surface area contributed by atoms with Crippen molar-refractivity contribution in [3.8, 4) is 0 Å². The minimum absolute atomic E-state index is 0.538. The molecule has 0 aromatic carbocycles. The van der Waals surface area contributed by atoms with Gasteiger partial charge in [-0.05, 0) is 31.1 Å². The Hall–Kier alpha value is -0.180. The average molecular weight is 184 g/mol. The van der Waals surface area contributed by atoms with Crippen LogP contribution >= 0.6 is 12.6 Å². The summed E-state index contributed by atoms with van der Waals surface area (Å²) in [6.45, 7) is 0. The molecule has 0 spiro atoms. The fourth-order valence-corrected chi connectivity index (χ4v) is 2.70. The van der Waals surface area contributed by atoms with Crippen LogP contribution in [0.15, 0.2) is 4.99 Å². The van der Waals surface area contributed by atoms with Gasteiger partial charge in [-0.25, -0.2) is 0 Å². The third-order valence-electron chi connectivity index (χ3n) is 3.19. The van der Waals surface area contributed by atoms with Gasteiger partial charge >= 0.3 is 0 Å². The molecule has 0 aromatic rings. The molecule has 2 bridgehead atoms. The molecule has 68 valence electrons. The maximum Gasteiger partial charge on any atom is 0.104 e. The van der Waals surface area contributed by atoms with Gasteiger partial charge < -0.3 is 5.73 Å². The first-order valence-electron chi connectivity index (χ1n) is 4.72. The monoisotopic (exact) mass is 184 g/mol. The smallest absolute Gasteiger partial charge is 0.104 e. The Morgan fingerprint density at radius 2 is 2.25 bits per heavy atom. The molecular formula is C9H16N2S. The standard InChI is InChI=1S/C9H16N2S/c10-9(5-12)11-8-4-6-1-2-7(8)3-6/h6-8,12H,1-5H2,(H2,10,11)/t6-,7+,8-/m1/s1. The zero-order valence-corrected chi connectivity index (χ0v) is 8.13. The van der Waals surface area contributed by atoms with Gasteiger partial charge in [-0.1, -0.05) is 6.42 Å². The lowest BCUT2D eigenvalue weighted by molar-refractivity contribution is 0.420. The number of nitrogens with zero attached hydrogens (tertiary/aromatic N) is 1. The van der Waals surface area contributed by atoms with Crippen molar-refractivity contribution < 1.29 is 0 Å². The van der Waals surface area contributed by atoms with Crippen molar-refractivity contribution >= 4 is 18.5 Å². The van der Waals surface area contributed by atoms with E-state index in [0.717, 1.165) is 17.7 Å². The highest BCUT2D eigenvalue weighted by atomic mass is 32.1. The summed E-state index contributed by atoms with van der Waals surface area (Å²) in [5.74, 6) is 3.12. The van der Waals surface area contributed by atoms with Gasteiger partial charge in [0.05, 0.1) is 6.04 Å². The van der Waals surface area contributed by atoms with Crippen molar-refractivity contribution in [1.82, 2.24) is 0 Å². The Labute approximate surface area is 79.0 Å². The SMILES string of the molecule is NC(CS)=N[C@@H]1C[C@@H]2CC[C@H]1C2. The minimum Gasteiger partial charge on any atom is -0.387 e. The first-order chi connectivity index (χ1) is 5.79. The number of thiol groups is 1. The van der Waals surface area contributed by atoms with Crippen LogP contribution in [0.2, 0.25) is 0 Å². The number of nitrogens with two attached hydrogens (primary N) is 1. The Morgan fingerprint density at radius 1 is 1.42 bits per heavy atom. The van der Waals surface area contributed by atoms with Crippen molar-refractivity contribution in [2.24, 2.45) is 22.6 Å². The van der Waals surface area contributed by atoms with Crippen LogP contribution in [0.4, 0.5) is 0 Å². The third kappa shape index (κ3) is 1.47. The van der Waals surface area contributed by atoms with Crippen LogP contribution < -0.4 is 5.73 Å². The van der Waals surface area contributed by atoms with E-state index in [1.165, 1.54) is 25.7 Å². The zero-order valence-electron chi connectivity index (χ0n) is 7.24. The van der Waals surface area contributed by atoms with Crippen LogP contribution in [0.25, 0.3) is 0 Å². The molecule has 2 saturated carbocycles. The highest BCUT2D eigenvalue weighted by Crippen LogP contribution is 2.45. The lowest BCUT2D eigenvalue weighted by atomic mass is 9.96. The molecule has 0 heterocycles. The van der Waals surface area contributed by atoms with E-state index in [0.29, 0.717) is 11.8 Å². The second kappa shape index (κ2) is 3.29. The van der Waals surface area contributed by atoms with E-state index in [-0.39, 0.29) is 0 Å². The lowest BCUT2D eigenvalue weighted by Crippen LogP contribution is -2.21. The Kier molecular flexibility index (Phi) is 2.31. The molecule has 0 unspecified atom stereocenters. The van der Waals surface area contributed by atoms with E-state index in [9.17, 15) is 0 Å². The molecule has 2 N–H and O–H groups in total. The summed E-state index contributed by atoms with van der Waals surface area (Å²) in [7, 11) is 0. The van der Waals surface area contributed by atoms with E-state index < -0.39 is 0 Å². The number of hydrogen-bond acceptors (Lipinski definition) is 2.